The molecule has 0 radical (unpaired) electrons. The van der Waals surface area contributed by atoms with Crippen molar-refractivity contribution in [2.45, 2.75) is 32.1 Å². The first-order valence-electron chi connectivity index (χ1n) is 10.6. The topological polar surface area (TPSA) is 74.7 Å². The number of nitrogens with one attached hydrogen (secondary N) is 1. The zero-order chi connectivity index (χ0) is 24.2. The Morgan fingerprint density at radius 1 is 1.12 bits per heavy atom. The minimum atomic E-state index is -0.882. The summed E-state index contributed by atoms with van der Waals surface area (Å²) >= 11 is 1.19. The van der Waals surface area contributed by atoms with E-state index in [9.17, 15) is 18.4 Å². The molecule has 1 aliphatic heterocycles. The number of rotatable bonds is 6. The molecule has 0 spiro atoms. The Morgan fingerprint density at radius 2 is 1.88 bits per heavy atom. The average molecular weight is 481 g/mol. The predicted octanol–water partition coefficient (Wildman–Crippen LogP) is 5.14. The van der Waals surface area contributed by atoms with E-state index in [4.69, 9.17) is 4.99 Å². The molecule has 2 heterocycles. The SMILES string of the molecule is Cc1cccc(C)c1N=C1SC(CC(=O)Nc2ccc(F)cc2F)C(=O)N1Cc1ccccn1. The van der Waals surface area contributed by atoms with Crippen LogP contribution in [0.4, 0.5) is 20.2 Å². The maximum Gasteiger partial charge on any atom is 0.243 e. The molecule has 1 aliphatic rings. The summed E-state index contributed by atoms with van der Waals surface area (Å²) in [4.78, 5) is 36.5. The van der Waals surface area contributed by atoms with Crippen LogP contribution < -0.4 is 5.32 Å². The number of amidine groups is 1. The molecular formula is C25H22F2N4O2S. The first kappa shape index (κ1) is 23.6. The standard InChI is InChI=1S/C25H22F2N4O2S/c1-15-6-5-7-16(2)23(15)30-25-31(14-18-8-3-4-11-28-18)24(33)21(34-25)13-22(32)29-20-10-9-17(26)12-19(20)27/h3-12,21H,13-14H2,1-2H3,(H,29,32). The van der Waals surface area contributed by atoms with Gasteiger partial charge in [0.2, 0.25) is 11.8 Å². The largest absolute Gasteiger partial charge is 0.324 e. The Hall–Kier alpha value is -3.59. The summed E-state index contributed by atoms with van der Waals surface area (Å²) in [6, 6.07) is 14.1. The number of halogens is 2. The maximum atomic E-state index is 13.9. The van der Waals surface area contributed by atoms with Gasteiger partial charge in [-0.15, -0.1) is 0 Å². The number of nitrogens with zero attached hydrogens (tertiary/aromatic N) is 3. The lowest BCUT2D eigenvalue weighted by molar-refractivity contribution is -0.128. The number of aryl methyl sites for hydroxylation is 2. The van der Waals surface area contributed by atoms with Crippen molar-refractivity contribution in [1.82, 2.24) is 9.88 Å². The van der Waals surface area contributed by atoms with E-state index in [1.54, 1.807) is 12.3 Å². The third-order valence-electron chi connectivity index (χ3n) is 5.29. The number of hydrogen-bond acceptors (Lipinski definition) is 5. The van der Waals surface area contributed by atoms with E-state index in [0.29, 0.717) is 16.9 Å². The van der Waals surface area contributed by atoms with E-state index in [-0.39, 0.29) is 24.6 Å². The van der Waals surface area contributed by atoms with Gasteiger partial charge in [-0.2, -0.15) is 0 Å². The van der Waals surface area contributed by atoms with Crippen molar-refractivity contribution in [3.05, 3.63) is 89.2 Å². The lowest BCUT2D eigenvalue weighted by Gasteiger charge is -2.16. The van der Waals surface area contributed by atoms with Crippen molar-refractivity contribution >= 4 is 40.1 Å². The van der Waals surface area contributed by atoms with Crippen LogP contribution >= 0.6 is 11.8 Å². The molecule has 0 saturated carbocycles. The monoisotopic (exact) mass is 480 g/mol. The molecular weight excluding hydrogens is 458 g/mol. The van der Waals surface area contributed by atoms with Crippen molar-refractivity contribution in [3.8, 4) is 0 Å². The fourth-order valence-corrected chi connectivity index (χ4v) is 4.71. The van der Waals surface area contributed by atoms with E-state index in [0.717, 1.165) is 28.9 Å². The Kier molecular flexibility index (Phi) is 7.02. The summed E-state index contributed by atoms with van der Waals surface area (Å²) < 4.78 is 27.1. The third kappa shape index (κ3) is 5.31. The van der Waals surface area contributed by atoms with Crippen LogP contribution in [0.2, 0.25) is 0 Å². The van der Waals surface area contributed by atoms with E-state index in [2.05, 4.69) is 10.3 Å². The van der Waals surface area contributed by atoms with Gasteiger partial charge in [0.05, 0.1) is 23.6 Å². The summed E-state index contributed by atoms with van der Waals surface area (Å²) in [5.41, 5.74) is 3.24. The van der Waals surface area contributed by atoms with E-state index >= 15 is 0 Å². The van der Waals surface area contributed by atoms with Crippen molar-refractivity contribution < 1.29 is 18.4 Å². The smallest absolute Gasteiger partial charge is 0.243 e. The Labute approximate surface area is 200 Å². The van der Waals surface area contributed by atoms with Gasteiger partial charge < -0.3 is 5.32 Å². The number of amides is 2. The Balaban J connectivity index is 1.58. The number of hydrogen-bond donors (Lipinski definition) is 1. The molecule has 1 fully saturated rings. The van der Waals surface area contributed by atoms with Gasteiger partial charge in [-0.3, -0.25) is 19.5 Å². The molecule has 3 aromatic rings. The fraction of sp³-hybridized carbons (Fsp3) is 0.200. The summed E-state index contributed by atoms with van der Waals surface area (Å²) in [5.74, 6) is -2.46. The molecule has 2 amide bonds. The van der Waals surface area contributed by atoms with Crippen molar-refractivity contribution in [1.29, 1.82) is 0 Å². The van der Waals surface area contributed by atoms with Crippen LogP contribution in [0.1, 0.15) is 23.2 Å². The summed E-state index contributed by atoms with van der Waals surface area (Å²) in [6.07, 6.45) is 1.46. The summed E-state index contributed by atoms with van der Waals surface area (Å²) in [7, 11) is 0. The first-order valence-corrected chi connectivity index (χ1v) is 11.5. The van der Waals surface area contributed by atoms with Crippen molar-refractivity contribution in [3.63, 3.8) is 0 Å². The van der Waals surface area contributed by atoms with Crippen molar-refractivity contribution in [2.75, 3.05) is 5.32 Å². The zero-order valence-corrected chi connectivity index (χ0v) is 19.4. The van der Waals surface area contributed by atoms with Gasteiger partial charge in [-0.05, 0) is 49.2 Å². The number of benzene rings is 2. The second kappa shape index (κ2) is 10.1. The molecule has 1 atom stereocenters. The molecule has 1 unspecified atom stereocenters. The van der Waals surface area contributed by atoms with Gasteiger partial charge in [-0.25, -0.2) is 13.8 Å². The molecule has 1 aromatic heterocycles. The van der Waals surface area contributed by atoms with E-state index in [1.165, 1.54) is 16.7 Å². The molecule has 34 heavy (non-hydrogen) atoms. The van der Waals surface area contributed by atoms with Gasteiger partial charge in [0.1, 0.15) is 16.9 Å². The quantitative estimate of drug-likeness (QED) is 0.530. The number of pyridine rings is 1. The zero-order valence-electron chi connectivity index (χ0n) is 18.6. The Bertz CT molecular complexity index is 1250. The number of carbonyl (C=O) groups excluding carboxylic acids is 2. The molecule has 0 bridgehead atoms. The second-order valence-electron chi connectivity index (χ2n) is 7.86. The molecule has 1 N–H and O–H groups in total. The molecule has 6 nitrogen and oxygen atoms in total. The predicted molar refractivity (Wildman–Crippen MR) is 129 cm³/mol. The number of aromatic nitrogens is 1. The number of para-hydroxylation sites is 1. The van der Waals surface area contributed by atoms with Crippen LogP contribution in [0.25, 0.3) is 0 Å². The first-order chi connectivity index (χ1) is 16.3. The van der Waals surface area contributed by atoms with Gasteiger partial charge >= 0.3 is 0 Å². The molecule has 2 aromatic carbocycles. The van der Waals surface area contributed by atoms with Gasteiger partial charge in [0, 0.05) is 18.7 Å². The van der Waals surface area contributed by atoms with E-state index in [1.807, 2.05) is 44.2 Å². The number of aliphatic imine (C=N–C) groups is 1. The van der Waals surface area contributed by atoms with Gasteiger partial charge in [0.25, 0.3) is 0 Å². The lowest BCUT2D eigenvalue weighted by atomic mass is 10.1. The average Bonchev–Trinajstić information content (AvgIpc) is 3.08. The minimum Gasteiger partial charge on any atom is -0.324 e. The van der Waals surface area contributed by atoms with Crippen LogP contribution in [-0.4, -0.2) is 32.1 Å². The van der Waals surface area contributed by atoms with Crippen LogP contribution in [0, 0.1) is 25.5 Å². The number of carbonyl (C=O) groups is 2. The summed E-state index contributed by atoms with van der Waals surface area (Å²) in [5, 5.41) is 2.15. The highest BCUT2D eigenvalue weighted by atomic mass is 32.2. The fourth-order valence-electron chi connectivity index (χ4n) is 3.56. The normalized spacial score (nSPS) is 16.8. The Morgan fingerprint density at radius 3 is 2.56 bits per heavy atom. The van der Waals surface area contributed by atoms with Crippen LogP contribution in [-0.2, 0) is 16.1 Å². The maximum absolute atomic E-state index is 13.9. The number of anilines is 1. The highest BCUT2D eigenvalue weighted by molar-refractivity contribution is 8.15. The highest BCUT2D eigenvalue weighted by Crippen LogP contribution is 2.34. The molecule has 9 heteroatoms. The highest BCUT2D eigenvalue weighted by Gasteiger charge is 2.39. The molecule has 174 valence electrons. The van der Waals surface area contributed by atoms with Crippen LogP contribution in [0.3, 0.4) is 0 Å². The summed E-state index contributed by atoms with van der Waals surface area (Å²) in [6.45, 7) is 4.10. The van der Waals surface area contributed by atoms with Gasteiger partial charge in [0.15, 0.2) is 5.17 Å². The van der Waals surface area contributed by atoms with Gasteiger partial charge in [-0.1, -0.05) is 36.0 Å². The molecule has 1 saturated heterocycles. The third-order valence-corrected chi connectivity index (χ3v) is 6.46. The van der Waals surface area contributed by atoms with E-state index < -0.39 is 22.8 Å². The van der Waals surface area contributed by atoms with Crippen molar-refractivity contribution in [2.24, 2.45) is 4.99 Å². The molecule has 4 rings (SSSR count). The second-order valence-corrected chi connectivity index (χ2v) is 9.03. The molecule has 0 aliphatic carbocycles. The van der Waals surface area contributed by atoms with Crippen LogP contribution in [0.5, 0.6) is 0 Å². The number of thioether (sulfide) groups is 1. The lowest BCUT2D eigenvalue weighted by Crippen LogP contribution is -2.33. The minimum absolute atomic E-state index is 0.142. The van der Waals surface area contributed by atoms with Crippen LogP contribution in [0.15, 0.2) is 65.8 Å².